The van der Waals surface area contributed by atoms with E-state index in [2.05, 4.69) is 8.92 Å². The number of nitrogens with two attached hydrogens (primary N) is 1. The number of rotatable bonds is 3. The van der Waals surface area contributed by atoms with Crippen molar-refractivity contribution in [3.05, 3.63) is 23.8 Å². The van der Waals surface area contributed by atoms with Crippen LogP contribution in [0.5, 0.6) is 5.75 Å². The van der Waals surface area contributed by atoms with Gasteiger partial charge in [0.15, 0.2) is 5.75 Å². The van der Waals surface area contributed by atoms with Gasteiger partial charge in [-0.15, -0.1) is 0 Å². The molecular formula is C9H11NO5S. The van der Waals surface area contributed by atoms with E-state index in [1.807, 2.05) is 0 Å². The molecule has 16 heavy (non-hydrogen) atoms. The van der Waals surface area contributed by atoms with E-state index in [4.69, 9.17) is 5.73 Å². The quantitative estimate of drug-likeness (QED) is 0.470. The van der Waals surface area contributed by atoms with Crippen molar-refractivity contribution < 1.29 is 22.1 Å². The molecule has 0 unspecified atom stereocenters. The third-order valence-corrected chi connectivity index (χ3v) is 2.19. The van der Waals surface area contributed by atoms with Crippen LogP contribution in [0.2, 0.25) is 0 Å². The second kappa shape index (κ2) is 4.40. The van der Waals surface area contributed by atoms with Gasteiger partial charge in [-0.1, -0.05) is 6.07 Å². The molecule has 88 valence electrons. The van der Waals surface area contributed by atoms with Crippen LogP contribution in [0.25, 0.3) is 0 Å². The Balaban J connectivity index is 3.19. The summed E-state index contributed by atoms with van der Waals surface area (Å²) in [5.74, 6) is -0.748. The van der Waals surface area contributed by atoms with Crippen molar-refractivity contribution in [2.24, 2.45) is 0 Å². The molecule has 0 heterocycles. The molecule has 0 aliphatic carbocycles. The fourth-order valence-corrected chi connectivity index (χ4v) is 1.54. The number of ether oxygens (including phenoxy) is 1. The molecule has 0 saturated carbocycles. The lowest BCUT2D eigenvalue weighted by atomic mass is 10.2. The van der Waals surface area contributed by atoms with Gasteiger partial charge in [0.1, 0.15) is 0 Å². The summed E-state index contributed by atoms with van der Waals surface area (Å²) in [6.07, 6.45) is 0.886. The molecule has 0 aliphatic rings. The van der Waals surface area contributed by atoms with E-state index in [-0.39, 0.29) is 17.0 Å². The third-order valence-electron chi connectivity index (χ3n) is 1.71. The number of nitrogen functional groups attached to an aromatic ring is 1. The summed E-state index contributed by atoms with van der Waals surface area (Å²) >= 11 is 0. The van der Waals surface area contributed by atoms with Gasteiger partial charge < -0.3 is 14.7 Å². The van der Waals surface area contributed by atoms with Gasteiger partial charge in [-0.2, -0.15) is 8.42 Å². The zero-order valence-corrected chi connectivity index (χ0v) is 9.58. The number of para-hydroxylation sites is 1. The number of anilines is 1. The fraction of sp³-hybridized carbons (Fsp3) is 0.222. The highest BCUT2D eigenvalue weighted by Crippen LogP contribution is 2.26. The van der Waals surface area contributed by atoms with E-state index < -0.39 is 16.1 Å². The van der Waals surface area contributed by atoms with Gasteiger partial charge in [0.05, 0.1) is 24.6 Å². The Morgan fingerprint density at radius 1 is 1.38 bits per heavy atom. The Labute approximate surface area is 93.1 Å². The average molecular weight is 245 g/mol. The molecule has 0 aromatic heterocycles. The van der Waals surface area contributed by atoms with E-state index in [9.17, 15) is 13.2 Å². The summed E-state index contributed by atoms with van der Waals surface area (Å²) in [7, 11) is -2.48. The molecule has 1 aromatic rings. The monoisotopic (exact) mass is 245 g/mol. The maximum atomic E-state index is 11.2. The average Bonchev–Trinajstić information content (AvgIpc) is 2.18. The van der Waals surface area contributed by atoms with Crippen LogP contribution in [0.15, 0.2) is 18.2 Å². The molecule has 0 atom stereocenters. The fourth-order valence-electron chi connectivity index (χ4n) is 1.07. The summed E-state index contributed by atoms with van der Waals surface area (Å²) < 4.78 is 30.9. The standard InChI is InChI=1S/C9H11NO5S/c1-14-9(11)6-4-3-5-7(8(6)10)15-16(2,12)13/h3-5H,10H2,1-2H3. The zero-order chi connectivity index (χ0) is 12.3. The summed E-state index contributed by atoms with van der Waals surface area (Å²) in [6, 6.07) is 4.21. The minimum absolute atomic E-state index is 0.0589. The minimum atomic E-state index is -3.68. The molecule has 0 bridgehead atoms. The van der Waals surface area contributed by atoms with Crippen LogP contribution in [0.1, 0.15) is 10.4 Å². The lowest BCUT2D eigenvalue weighted by Gasteiger charge is -2.09. The molecule has 2 N–H and O–H groups in total. The summed E-state index contributed by atoms with van der Waals surface area (Å²) in [5.41, 5.74) is 5.57. The van der Waals surface area contributed by atoms with Crippen molar-refractivity contribution in [1.29, 1.82) is 0 Å². The number of hydrogen-bond acceptors (Lipinski definition) is 6. The SMILES string of the molecule is COC(=O)c1cccc(OS(C)(=O)=O)c1N. The lowest BCUT2D eigenvalue weighted by molar-refractivity contribution is 0.0601. The van der Waals surface area contributed by atoms with Gasteiger partial charge in [-0.25, -0.2) is 4.79 Å². The second-order valence-electron chi connectivity index (χ2n) is 3.00. The molecule has 0 aliphatic heterocycles. The number of carbonyl (C=O) groups excluding carboxylic acids is 1. The molecule has 1 aromatic carbocycles. The summed E-state index contributed by atoms with van der Waals surface area (Å²) in [6.45, 7) is 0. The van der Waals surface area contributed by atoms with Gasteiger partial charge in [-0.3, -0.25) is 0 Å². The summed E-state index contributed by atoms with van der Waals surface area (Å²) in [4.78, 5) is 11.2. The molecule has 0 radical (unpaired) electrons. The molecule has 0 spiro atoms. The lowest BCUT2D eigenvalue weighted by Crippen LogP contribution is -2.11. The van der Waals surface area contributed by atoms with Gasteiger partial charge in [-0.05, 0) is 12.1 Å². The normalized spacial score (nSPS) is 10.9. The van der Waals surface area contributed by atoms with Gasteiger partial charge in [0, 0.05) is 0 Å². The van der Waals surface area contributed by atoms with E-state index in [1.165, 1.54) is 25.3 Å². The molecular weight excluding hydrogens is 234 g/mol. The Morgan fingerprint density at radius 2 is 2.00 bits per heavy atom. The van der Waals surface area contributed by atoms with Crippen LogP contribution in [0, 0.1) is 0 Å². The van der Waals surface area contributed by atoms with Crippen LogP contribution in [0.4, 0.5) is 5.69 Å². The molecule has 0 amide bonds. The van der Waals surface area contributed by atoms with Gasteiger partial charge in [0.2, 0.25) is 0 Å². The predicted molar refractivity (Wildman–Crippen MR) is 57.7 cm³/mol. The number of carbonyl (C=O) groups is 1. The Morgan fingerprint density at radius 3 is 2.50 bits per heavy atom. The molecule has 7 heteroatoms. The zero-order valence-electron chi connectivity index (χ0n) is 8.76. The van der Waals surface area contributed by atoms with E-state index in [0.717, 1.165) is 6.26 Å². The van der Waals surface area contributed by atoms with E-state index in [0.29, 0.717) is 0 Å². The first-order chi connectivity index (χ1) is 7.35. The van der Waals surface area contributed by atoms with Crippen molar-refractivity contribution in [2.75, 3.05) is 19.1 Å². The maximum absolute atomic E-state index is 11.2. The van der Waals surface area contributed by atoms with Crippen LogP contribution >= 0.6 is 0 Å². The molecule has 1 rings (SSSR count). The van der Waals surface area contributed by atoms with Crippen LogP contribution < -0.4 is 9.92 Å². The first-order valence-electron chi connectivity index (χ1n) is 4.21. The highest BCUT2D eigenvalue weighted by Gasteiger charge is 2.15. The maximum Gasteiger partial charge on any atom is 0.340 e. The Kier molecular flexibility index (Phi) is 3.38. The summed E-state index contributed by atoms with van der Waals surface area (Å²) in [5, 5.41) is 0. The van der Waals surface area contributed by atoms with E-state index >= 15 is 0 Å². The number of esters is 1. The van der Waals surface area contributed by atoms with Crippen molar-refractivity contribution >= 4 is 21.8 Å². The number of hydrogen-bond donors (Lipinski definition) is 1. The topological polar surface area (TPSA) is 95.7 Å². The largest absolute Gasteiger partial charge is 0.465 e. The number of benzene rings is 1. The minimum Gasteiger partial charge on any atom is -0.465 e. The van der Waals surface area contributed by atoms with Crippen LogP contribution in [-0.2, 0) is 14.9 Å². The predicted octanol–water partition coefficient (Wildman–Crippen LogP) is 0.394. The van der Waals surface area contributed by atoms with Crippen molar-refractivity contribution in [3.63, 3.8) is 0 Å². The highest BCUT2D eigenvalue weighted by molar-refractivity contribution is 7.86. The molecule has 0 fully saturated rings. The first kappa shape index (κ1) is 12.3. The Hall–Kier alpha value is -1.76. The number of methoxy groups -OCH3 is 1. The molecule has 6 nitrogen and oxygen atoms in total. The second-order valence-corrected chi connectivity index (χ2v) is 4.57. The van der Waals surface area contributed by atoms with Crippen molar-refractivity contribution in [1.82, 2.24) is 0 Å². The van der Waals surface area contributed by atoms with E-state index in [1.54, 1.807) is 0 Å². The third kappa shape index (κ3) is 2.86. The van der Waals surface area contributed by atoms with Crippen molar-refractivity contribution in [2.45, 2.75) is 0 Å². The first-order valence-corrected chi connectivity index (χ1v) is 6.03. The van der Waals surface area contributed by atoms with Crippen LogP contribution in [0.3, 0.4) is 0 Å². The van der Waals surface area contributed by atoms with Crippen LogP contribution in [-0.4, -0.2) is 27.8 Å². The Bertz CT molecular complexity index is 509. The molecule has 0 saturated heterocycles. The van der Waals surface area contributed by atoms with Gasteiger partial charge in [0.25, 0.3) is 0 Å². The smallest absolute Gasteiger partial charge is 0.340 e. The highest BCUT2D eigenvalue weighted by atomic mass is 32.2. The van der Waals surface area contributed by atoms with Crippen molar-refractivity contribution in [3.8, 4) is 5.75 Å². The van der Waals surface area contributed by atoms with Gasteiger partial charge >= 0.3 is 16.1 Å².